The summed E-state index contributed by atoms with van der Waals surface area (Å²) in [5, 5.41) is 9.86. The number of phosphoric acid groups is 1. The van der Waals surface area contributed by atoms with Crippen LogP contribution in [0.3, 0.4) is 0 Å². The van der Waals surface area contributed by atoms with Gasteiger partial charge < -0.3 is 24.2 Å². The average Bonchev–Trinajstić information content (AvgIpc) is 3.45. The fraction of sp³-hybridized carbons (Fsp3) is 0.838. The van der Waals surface area contributed by atoms with Crippen LogP contribution in [0, 0.1) is 0 Å². The highest BCUT2D eigenvalue weighted by molar-refractivity contribution is 7.47. The molecule has 0 rings (SSSR count). The van der Waals surface area contributed by atoms with Crippen molar-refractivity contribution in [3.8, 4) is 0 Å². The third kappa shape index (κ3) is 60.0. The van der Waals surface area contributed by atoms with E-state index in [2.05, 4.69) is 69.4 Å². The van der Waals surface area contributed by atoms with Crippen molar-refractivity contribution in [2.45, 2.75) is 341 Å². The Morgan fingerprint density at radius 1 is 0.350 bits per heavy atom. The molecule has 0 spiro atoms. The number of aliphatic hydroxyl groups excluding tert-OH is 1. The second kappa shape index (κ2) is 62.5. The van der Waals surface area contributed by atoms with Gasteiger partial charge in [0.05, 0.1) is 19.8 Å². The topological polar surface area (TPSA) is 155 Å². The van der Waals surface area contributed by atoms with Gasteiger partial charge in [-0.15, -0.1) is 0 Å². The van der Waals surface area contributed by atoms with Crippen LogP contribution in [0.5, 0.6) is 0 Å². The number of aliphatic hydroxyl groups is 1. The molecular formula is C68H125O11P. The molecule has 0 fully saturated rings. The maximum atomic E-state index is 13.0. The van der Waals surface area contributed by atoms with Crippen LogP contribution in [0.25, 0.3) is 0 Å². The number of allylic oxidation sites excluding steroid dienone is 8. The van der Waals surface area contributed by atoms with E-state index < -0.39 is 57.8 Å². The van der Waals surface area contributed by atoms with E-state index in [0.29, 0.717) is 19.3 Å². The SMILES string of the molecule is CCCCC/C=C\C/C=C\CCCCCCCCCCCC(=O)OC(COC(=O)CCCCCCCCC/C=C\CCCCCCCC)COP(=O)(O)OCC(CO)OC(=O)CCCCCCCCC/C=C\CCCCCCCC. The molecule has 468 valence electrons. The summed E-state index contributed by atoms with van der Waals surface area (Å²) in [6.07, 6.45) is 69.1. The van der Waals surface area contributed by atoms with Gasteiger partial charge in [-0.25, -0.2) is 4.57 Å². The third-order valence-electron chi connectivity index (χ3n) is 14.7. The number of hydrogen-bond acceptors (Lipinski definition) is 10. The van der Waals surface area contributed by atoms with Crippen molar-refractivity contribution in [1.82, 2.24) is 0 Å². The van der Waals surface area contributed by atoms with Gasteiger partial charge in [-0.3, -0.25) is 23.4 Å². The zero-order chi connectivity index (χ0) is 58.3. The lowest BCUT2D eigenvalue weighted by molar-refractivity contribution is -0.161. The molecule has 0 aliphatic heterocycles. The summed E-state index contributed by atoms with van der Waals surface area (Å²) in [4.78, 5) is 48.8. The van der Waals surface area contributed by atoms with Crippen LogP contribution in [0.15, 0.2) is 48.6 Å². The van der Waals surface area contributed by atoms with Crippen molar-refractivity contribution >= 4 is 25.7 Å². The first kappa shape index (κ1) is 77.4. The molecule has 0 bridgehead atoms. The third-order valence-corrected chi connectivity index (χ3v) is 15.6. The van der Waals surface area contributed by atoms with E-state index in [1.165, 1.54) is 186 Å². The first-order valence-corrected chi connectivity index (χ1v) is 35.0. The molecule has 0 aromatic carbocycles. The van der Waals surface area contributed by atoms with Gasteiger partial charge in [-0.2, -0.15) is 0 Å². The van der Waals surface area contributed by atoms with Crippen molar-refractivity contribution in [2.75, 3.05) is 26.4 Å². The monoisotopic (exact) mass is 1150 g/mol. The number of hydrogen-bond donors (Lipinski definition) is 2. The molecule has 2 N–H and O–H groups in total. The number of esters is 3. The van der Waals surface area contributed by atoms with E-state index in [0.717, 1.165) is 83.5 Å². The summed E-state index contributed by atoms with van der Waals surface area (Å²) in [5.74, 6) is -1.46. The minimum Gasteiger partial charge on any atom is -0.462 e. The molecule has 3 atom stereocenters. The predicted molar refractivity (Wildman–Crippen MR) is 335 cm³/mol. The van der Waals surface area contributed by atoms with Crippen molar-refractivity contribution < 1.29 is 52.2 Å². The van der Waals surface area contributed by atoms with E-state index in [-0.39, 0.29) is 25.9 Å². The molecule has 12 heteroatoms. The van der Waals surface area contributed by atoms with Crippen LogP contribution in [-0.4, -0.2) is 66.5 Å². The largest absolute Gasteiger partial charge is 0.472 e. The minimum atomic E-state index is -4.76. The molecule has 0 aromatic heterocycles. The van der Waals surface area contributed by atoms with Crippen LogP contribution in [0.4, 0.5) is 0 Å². The Labute approximate surface area is 492 Å². The predicted octanol–water partition coefficient (Wildman–Crippen LogP) is 20.5. The zero-order valence-corrected chi connectivity index (χ0v) is 53.0. The highest BCUT2D eigenvalue weighted by atomic mass is 31.2. The lowest BCUT2D eigenvalue weighted by Crippen LogP contribution is -2.30. The molecule has 0 saturated heterocycles. The molecule has 0 saturated carbocycles. The molecule has 0 aliphatic rings. The number of carbonyl (C=O) groups is 3. The quantitative estimate of drug-likeness (QED) is 0.0197. The second-order valence-corrected chi connectivity index (χ2v) is 24.1. The summed E-state index contributed by atoms with van der Waals surface area (Å²) >= 11 is 0. The summed E-state index contributed by atoms with van der Waals surface area (Å²) in [5.41, 5.74) is 0. The number of rotatable bonds is 63. The van der Waals surface area contributed by atoms with E-state index >= 15 is 0 Å². The molecule has 11 nitrogen and oxygen atoms in total. The van der Waals surface area contributed by atoms with E-state index in [4.69, 9.17) is 23.3 Å². The Kier molecular flexibility index (Phi) is 60.5. The average molecular weight is 1150 g/mol. The molecule has 0 aromatic rings. The fourth-order valence-corrected chi connectivity index (χ4v) is 10.3. The Morgan fingerprint density at radius 2 is 0.613 bits per heavy atom. The van der Waals surface area contributed by atoms with E-state index in [9.17, 15) is 28.9 Å². The van der Waals surface area contributed by atoms with Gasteiger partial charge in [0, 0.05) is 19.3 Å². The summed E-state index contributed by atoms with van der Waals surface area (Å²) in [7, 11) is -4.76. The number of carbonyl (C=O) groups excluding carboxylic acids is 3. The maximum absolute atomic E-state index is 13.0. The Bertz CT molecular complexity index is 1530. The molecule has 0 radical (unpaired) electrons. The van der Waals surface area contributed by atoms with Crippen LogP contribution in [0.1, 0.15) is 329 Å². The number of ether oxygens (including phenoxy) is 3. The van der Waals surface area contributed by atoms with Crippen LogP contribution < -0.4 is 0 Å². The molecule has 80 heavy (non-hydrogen) atoms. The molecular weight excluding hydrogens is 1020 g/mol. The van der Waals surface area contributed by atoms with Gasteiger partial charge in [0.15, 0.2) is 6.10 Å². The van der Waals surface area contributed by atoms with Gasteiger partial charge in [0.25, 0.3) is 0 Å². The lowest BCUT2D eigenvalue weighted by Gasteiger charge is -2.21. The van der Waals surface area contributed by atoms with Gasteiger partial charge >= 0.3 is 25.7 Å². The second-order valence-electron chi connectivity index (χ2n) is 22.6. The highest BCUT2D eigenvalue weighted by Crippen LogP contribution is 2.43. The van der Waals surface area contributed by atoms with Gasteiger partial charge in [0.1, 0.15) is 12.7 Å². The van der Waals surface area contributed by atoms with Crippen LogP contribution >= 0.6 is 7.82 Å². The summed E-state index contributed by atoms with van der Waals surface area (Å²) < 4.78 is 39.8. The fourth-order valence-electron chi connectivity index (χ4n) is 9.55. The Hall–Kier alpha value is -2.56. The number of unbranched alkanes of at least 4 members (excludes halogenated alkanes) is 38. The highest BCUT2D eigenvalue weighted by Gasteiger charge is 2.28. The Morgan fingerprint density at radius 3 is 0.963 bits per heavy atom. The summed E-state index contributed by atoms with van der Waals surface area (Å²) in [6.45, 7) is 4.67. The first-order chi connectivity index (χ1) is 39.2. The van der Waals surface area contributed by atoms with Gasteiger partial charge in [0.2, 0.25) is 0 Å². The smallest absolute Gasteiger partial charge is 0.462 e. The summed E-state index contributed by atoms with van der Waals surface area (Å²) in [6, 6.07) is 0. The van der Waals surface area contributed by atoms with Crippen molar-refractivity contribution in [3.63, 3.8) is 0 Å². The van der Waals surface area contributed by atoms with Gasteiger partial charge in [-0.1, -0.05) is 256 Å². The Balaban J connectivity index is 4.68. The van der Waals surface area contributed by atoms with E-state index in [1.54, 1.807) is 0 Å². The molecule has 3 unspecified atom stereocenters. The van der Waals surface area contributed by atoms with E-state index in [1.807, 2.05) is 0 Å². The molecule has 0 amide bonds. The van der Waals surface area contributed by atoms with Crippen LogP contribution in [-0.2, 0) is 42.2 Å². The molecule has 0 heterocycles. The minimum absolute atomic E-state index is 0.164. The van der Waals surface area contributed by atoms with Crippen LogP contribution in [0.2, 0.25) is 0 Å². The normalized spacial score (nSPS) is 13.5. The van der Waals surface area contributed by atoms with Gasteiger partial charge in [-0.05, 0) is 103 Å². The maximum Gasteiger partial charge on any atom is 0.472 e. The van der Waals surface area contributed by atoms with Crippen molar-refractivity contribution in [1.29, 1.82) is 0 Å². The number of phosphoric ester groups is 1. The van der Waals surface area contributed by atoms with Crippen molar-refractivity contribution in [3.05, 3.63) is 48.6 Å². The molecule has 0 aliphatic carbocycles. The first-order valence-electron chi connectivity index (χ1n) is 33.5. The van der Waals surface area contributed by atoms with Crippen molar-refractivity contribution in [2.24, 2.45) is 0 Å². The lowest BCUT2D eigenvalue weighted by atomic mass is 10.1. The zero-order valence-electron chi connectivity index (χ0n) is 52.1. The standard InChI is InChI=1S/C68H125O11P/c1-4-7-10-13-16-19-22-25-28-31-32-35-38-41-44-47-50-53-56-59-68(72)79-65(61-75-66(70)57-54-51-48-45-42-39-36-33-29-26-23-20-17-14-11-8-5-2)63-77-80(73,74)76-62-64(60-69)78-67(71)58-55-52-49-46-43-40-37-34-30-27-24-21-18-15-12-9-6-3/h16,19,25-30,64-65,69H,4-15,17-18,20-24,31-63H2,1-3H3,(H,73,74)/b19-16-,28-25-,29-26-,30-27-.